The molecule has 0 aliphatic carbocycles. The molecular formula is C23H21N7OS. The number of guanidine groups is 1. The van der Waals surface area contributed by atoms with E-state index in [1.165, 1.54) is 11.1 Å². The fourth-order valence-electron chi connectivity index (χ4n) is 4.57. The highest BCUT2D eigenvalue weighted by Gasteiger charge is 2.57. The van der Waals surface area contributed by atoms with E-state index in [2.05, 4.69) is 26.3 Å². The fourth-order valence-corrected chi connectivity index (χ4v) is 5.69. The second kappa shape index (κ2) is 7.43. The summed E-state index contributed by atoms with van der Waals surface area (Å²) in [6, 6.07) is 9.89. The smallest absolute Gasteiger partial charge is 0.236 e. The van der Waals surface area contributed by atoms with Crippen LogP contribution in [0.2, 0.25) is 0 Å². The van der Waals surface area contributed by atoms with Crippen molar-refractivity contribution in [3.63, 3.8) is 0 Å². The summed E-state index contributed by atoms with van der Waals surface area (Å²) in [6.07, 6.45) is 5.03. The quantitative estimate of drug-likeness (QED) is 0.644. The van der Waals surface area contributed by atoms with Crippen LogP contribution in [0.1, 0.15) is 16.0 Å². The van der Waals surface area contributed by atoms with Crippen molar-refractivity contribution >= 4 is 29.0 Å². The van der Waals surface area contributed by atoms with Gasteiger partial charge in [-0.15, -0.1) is 11.3 Å². The zero-order valence-electron chi connectivity index (χ0n) is 17.7. The zero-order chi connectivity index (χ0) is 22.5. The summed E-state index contributed by atoms with van der Waals surface area (Å²) in [5.41, 5.74) is 2.61. The molecule has 5 rings (SSSR count). The monoisotopic (exact) mass is 443 g/mol. The van der Waals surface area contributed by atoms with Crippen LogP contribution >= 0.6 is 11.3 Å². The van der Waals surface area contributed by atoms with Gasteiger partial charge in [-0.05, 0) is 41.6 Å². The highest BCUT2D eigenvalue weighted by atomic mass is 32.1. The van der Waals surface area contributed by atoms with Gasteiger partial charge < -0.3 is 10.2 Å². The normalized spacial score (nSPS) is 22.5. The van der Waals surface area contributed by atoms with E-state index >= 15 is 0 Å². The molecule has 1 amide bonds. The van der Waals surface area contributed by atoms with Crippen molar-refractivity contribution in [1.82, 2.24) is 20.2 Å². The van der Waals surface area contributed by atoms with E-state index in [0.717, 1.165) is 27.4 Å². The molecule has 2 aliphatic heterocycles. The predicted molar refractivity (Wildman–Crippen MR) is 122 cm³/mol. The molecule has 9 heteroatoms. The van der Waals surface area contributed by atoms with Gasteiger partial charge >= 0.3 is 0 Å². The largest absolute Gasteiger partial charge is 0.353 e. The number of nitrogens with zero attached hydrogens (tertiary/aromatic N) is 5. The van der Waals surface area contributed by atoms with Crippen molar-refractivity contribution in [2.24, 2.45) is 5.92 Å². The predicted octanol–water partition coefficient (Wildman–Crippen LogP) is 2.71. The summed E-state index contributed by atoms with van der Waals surface area (Å²) < 4.78 is 0. The Bertz CT molecular complexity index is 1280. The summed E-state index contributed by atoms with van der Waals surface area (Å²) in [6.45, 7) is 3.05. The second-order valence-corrected chi connectivity index (χ2v) is 9.10. The minimum Gasteiger partial charge on any atom is -0.353 e. The standard InChI is InChI=1S/C23H21N7OS/c1-14-4-3-5-27-20(14)30-11-18-21(31)29(2)22(25)28-23(18,13-30)19-7-17(12-32-19)16-6-15(8-24)9-26-10-16/h3-7,9-10,12,18H,11,13H2,1-2H3,(H2,25,28)/t18?,23-/m0/s1. The fraction of sp³-hybridized carbons (Fsp3) is 0.261. The van der Waals surface area contributed by atoms with E-state index in [9.17, 15) is 10.1 Å². The molecule has 2 aliphatic rings. The number of fused-ring (bicyclic) bond motifs is 1. The molecule has 3 aromatic rings. The molecule has 0 saturated carbocycles. The van der Waals surface area contributed by atoms with Gasteiger partial charge in [-0.1, -0.05) is 6.07 Å². The van der Waals surface area contributed by atoms with E-state index in [0.29, 0.717) is 18.7 Å². The highest BCUT2D eigenvalue weighted by Crippen LogP contribution is 2.45. The Morgan fingerprint density at radius 1 is 1.34 bits per heavy atom. The number of nitrogens with one attached hydrogen (secondary N) is 2. The van der Waals surface area contributed by atoms with Gasteiger partial charge in [-0.3, -0.25) is 20.1 Å². The molecule has 2 atom stereocenters. The number of carbonyl (C=O) groups excluding carboxylic acids is 1. The molecule has 5 heterocycles. The SMILES string of the molecule is Cc1cccnc1N1CC2C(=O)N(C)C(=N)N[C@@]2(c2cc(-c3cncc(C#N)c3)cs2)C1. The topological polar surface area (TPSA) is 109 Å². The van der Waals surface area contributed by atoms with Gasteiger partial charge in [-0.25, -0.2) is 4.98 Å². The average molecular weight is 444 g/mol. The Morgan fingerprint density at radius 3 is 2.97 bits per heavy atom. The van der Waals surface area contributed by atoms with Crippen LogP contribution in [0.5, 0.6) is 0 Å². The molecule has 0 bridgehead atoms. The number of nitriles is 1. The summed E-state index contributed by atoms with van der Waals surface area (Å²) in [5, 5.41) is 23.0. The molecule has 2 N–H and O–H groups in total. The average Bonchev–Trinajstić information content (AvgIpc) is 3.44. The van der Waals surface area contributed by atoms with Crippen LogP contribution in [0.15, 0.2) is 48.2 Å². The molecule has 0 spiro atoms. The van der Waals surface area contributed by atoms with Gasteiger partial charge in [0.2, 0.25) is 5.91 Å². The number of rotatable bonds is 3. The van der Waals surface area contributed by atoms with Crippen molar-refractivity contribution in [2.45, 2.75) is 12.5 Å². The number of pyridine rings is 2. The van der Waals surface area contributed by atoms with Gasteiger partial charge in [0.1, 0.15) is 17.4 Å². The summed E-state index contributed by atoms with van der Waals surface area (Å²) in [4.78, 5) is 26.5. The van der Waals surface area contributed by atoms with E-state index in [1.807, 2.05) is 30.5 Å². The Kier molecular flexibility index (Phi) is 4.68. The molecule has 0 aromatic carbocycles. The highest BCUT2D eigenvalue weighted by molar-refractivity contribution is 7.10. The number of aryl methyl sites for hydroxylation is 1. The van der Waals surface area contributed by atoms with Crippen molar-refractivity contribution in [3.8, 4) is 17.2 Å². The van der Waals surface area contributed by atoms with E-state index in [-0.39, 0.29) is 17.8 Å². The van der Waals surface area contributed by atoms with Crippen molar-refractivity contribution < 1.29 is 4.79 Å². The summed E-state index contributed by atoms with van der Waals surface area (Å²) >= 11 is 1.55. The van der Waals surface area contributed by atoms with Crippen LogP contribution in [0.4, 0.5) is 5.82 Å². The van der Waals surface area contributed by atoms with Gasteiger partial charge in [0.05, 0.1) is 11.5 Å². The van der Waals surface area contributed by atoms with Gasteiger partial charge in [-0.2, -0.15) is 5.26 Å². The number of anilines is 1. The van der Waals surface area contributed by atoms with Crippen LogP contribution < -0.4 is 10.2 Å². The minimum absolute atomic E-state index is 0.0760. The Labute approximate surface area is 189 Å². The third-order valence-electron chi connectivity index (χ3n) is 6.26. The zero-order valence-corrected chi connectivity index (χ0v) is 18.5. The van der Waals surface area contributed by atoms with Crippen molar-refractivity contribution in [1.29, 1.82) is 10.7 Å². The first-order chi connectivity index (χ1) is 15.4. The molecule has 8 nitrogen and oxygen atoms in total. The maximum Gasteiger partial charge on any atom is 0.236 e. The summed E-state index contributed by atoms with van der Waals surface area (Å²) in [5.74, 6) is 0.507. The van der Waals surface area contributed by atoms with Crippen LogP contribution in [0.25, 0.3) is 11.1 Å². The molecule has 2 saturated heterocycles. The van der Waals surface area contributed by atoms with Crippen LogP contribution in [0.3, 0.4) is 0 Å². The van der Waals surface area contributed by atoms with E-state index < -0.39 is 5.54 Å². The van der Waals surface area contributed by atoms with Crippen LogP contribution in [-0.2, 0) is 10.3 Å². The third-order valence-corrected chi connectivity index (χ3v) is 7.37. The first-order valence-electron chi connectivity index (χ1n) is 10.2. The lowest BCUT2D eigenvalue weighted by Gasteiger charge is -2.42. The first kappa shape index (κ1) is 20.2. The van der Waals surface area contributed by atoms with Gasteiger partial charge in [0, 0.05) is 49.2 Å². The molecular weight excluding hydrogens is 422 g/mol. The van der Waals surface area contributed by atoms with Crippen LogP contribution in [0, 0.1) is 29.6 Å². The third kappa shape index (κ3) is 3.03. The van der Waals surface area contributed by atoms with E-state index in [1.54, 1.807) is 36.8 Å². The Morgan fingerprint density at radius 2 is 2.19 bits per heavy atom. The molecule has 160 valence electrons. The van der Waals surface area contributed by atoms with E-state index in [4.69, 9.17) is 5.41 Å². The minimum atomic E-state index is -0.728. The summed E-state index contributed by atoms with van der Waals surface area (Å²) in [7, 11) is 1.63. The lowest BCUT2D eigenvalue weighted by molar-refractivity contribution is -0.133. The number of aromatic nitrogens is 2. The van der Waals surface area contributed by atoms with Gasteiger partial charge in [0.15, 0.2) is 5.96 Å². The van der Waals surface area contributed by atoms with Gasteiger partial charge in [0.25, 0.3) is 0 Å². The maximum atomic E-state index is 13.3. The molecule has 1 unspecified atom stereocenters. The molecule has 3 aromatic heterocycles. The number of carbonyl (C=O) groups is 1. The first-order valence-corrected chi connectivity index (χ1v) is 11.1. The van der Waals surface area contributed by atoms with Crippen molar-refractivity contribution in [3.05, 3.63) is 64.2 Å². The lowest BCUT2D eigenvalue weighted by Crippen LogP contribution is -2.64. The Balaban J connectivity index is 1.59. The molecule has 2 fully saturated rings. The second-order valence-electron chi connectivity index (χ2n) is 8.19. The van der Waals surface area contributed by atoms with Crippen molar-refractivity contribution in [2.75, 3.05) is 25.0 Å². The molecule has 32 heavy (non-hydrogen) atoms. The lowest BCUT2D eigenvalue weighted by atomic mass is 9.82. The van der Waals surface area contributed by atoms with Crippen LogP contribution in [-0.4, -0.2) is 46.9 Å². The maximum absolute atomic E-state index is 13.3. The Hall–Kier alpha value is -3.77. The number of amides is 1. The number of hydrogen-bond acceptors (Lipinski definition) is 7. The number of hydrogen-bond donors (Lipinski definition) is 2. The number of thiophene rings is 1. The molecule has 0 radical (unpaired) electrons.